The molecule has 186 valence electrons. The highest BCUT2D eigenvalue weighted by molar-refractivity contribution is 5.30. The maximum atomic E-state index is 5.69. The van der Waals surface area contributed by atoms with Gasteiger partial charge in [0, 0.05) is 19.8 Å². The molecular weight excluding hydrogens is 420 g/mol. The minimum absolute atomic E-state index is 0.365. The van der Waals surface area contributed by atoms with E-state index in [0.717, 1.165) is 98.0 Å². The van der Waals surface area contributed by atoms with Gasteiger partial charge in [0.2, 0.25) is 0 Å². The Bertz CT molecular complexity index is 566. The Labute approximate surface area is 199 Å². The summed E-state index contributed by atoms with van der Waals surface area (Å²) in [7, 11) is 0. The lowest BCUT2D eigenvalue weighted by Gasteiger charge is -2.11. The van der Waals surface area contributed by atoms with Crippen LogP contribution in [0.3, 0.4) is 0 Å². The summed E-state index contributed by atoms with van der Waals surface area (Å²) in [5, 5.41) is 0. The van der Waals surface area contributed by atoms with Gasteiger partial charge in [-0.15, -0.1) is 0 Å². The van der Waals surface area contributed by atoms with E-state index in [-0.39, 0.29) is 0 Å². The minimum atomic E-state index is 0.365. The number of aryl methyl sites for hydroxylation is 3. The molecule has 33 heavy (non-hydrogen) atoms. The van der Waals surface area contributed by atoms with Crippen molar-refractivity contribution in [2.24, 2.45) is 0 Å². The zero-order chi connectivity index (χ0) is 22.6. The molecular formula is C27H42O6. The molecule has 1 aromatic rings. The number of hydrogen-bond donors (Lipinski definition) is 0. The molecule has 4 rings (SSSR count). The lowest BCUT2D eigenvalue weighted by molar-refractivity contribution is 0.113. The van der Waals surface area contributed by atoms with Gasteiger partial charge in [-0.1, -0.05) is 18.2 Å². The van der Waals surface area contributed by atoms with Gasteiger partial charge in [0.25, 0.3) is 0 Å². The molecule has 0 aliphatic carbocycles. The van der Waals surface area contributed by atoms with Gasteiger partial charge in [-0.3, -0.25) is 0 Å². The molecule has 3 heterocycles. The van der Waals surface area contributed by atoms with Gasteiger partial charge in [-0.05, 0) is 74.5 Å². The third kappa shape index (κ3) is 11.8. The minimum Gasteiger partial charge on any atom is -0.379 e. The van der Waals surface area contributed by atoms with Crippen LogP contribution in [0.2, 0.25) is 0 Å². The molecule has 0 aromatic heterocycles. The first kappa shape index (κ1) is 25.1. The number of hydrogen-bond acceptors (Lipinski definition) is 6. The Hall–Kier alpha value is -1.02. The van der Waals surface area contributed by atoms with Gasteiger partial charge in [0.1, 0.15) is 18.3 Å². The third-order valence-corrected chi connectivity index (χ3v) is 6.24. The van der Waals surface area contributed by atoms with Crippen molar-refractivity contribution in [2.45, 2.75) is 76.1 Å². The zero-order valence-electron chi connectivity index (χ0n) is 20.1. The fourth-order valence-electron chi connectivity index (χ4n) is 4.01. The molecule has 0 bridgehead atoms. The zero-order valence-corrected chi connectivity index (χ0v) is 20.1. The lowest BCUT2D eigenvalue weighted by atomic mass is 9.96. The third-order valence-electron chi connectivity index (χ3n) is 6.24. The Kier molecular flexibility index (Phi) is 10.9. The predicted molar refractivity (Wildman–Crippen MR) is 127 cm³/mol. The predicted octanol–water partition coefficient (Wildman–Crippen LogP) is 3.90. The number of ether oxygens (including phenoxy) is 6. The molecule has 6 nitrogen and oxygen atoms in total. The Morgan fingerprint density at radius 1 is 0.515 bits per heavy atom. The van der Waals surface area contributed by atoms with Crippen LogP contribution in [0, 0.1) is 0 Å². The van der Waals surface area contributed by atoms with Crippen molar-refractivity contribution in [3.05, 3.63) is 34.9 Å². The lowest BCUT2D eigenvalue weighted by Crippen LogP contribution is -2.04. The van der Waals surface area contributed by atoms with Crippen LogP contribution in [-0.2, 0) is 47.7 Å². The number of rotatable bonds is 21. The number of benzene rings is 1. The van der Waals surface area contributed by atoms with Crippen molar-refractivity contribution in [1.29, 1.82) is 0 Å². The van der Waals surface area contributed by atoms with Crippen LogP contribution in [0.5, 0.6) is 0 Å². The van der Waals surface area contributed by atoms with Crippen molar-refractivity contribution in [1.82, 2.24) is 0 Å². The van der Waals surface area contributed by atoms with Crippen molar-refractivity contribution in [3.63, 3.8) is 0 Å². The maximum Gasteiger partial charge on any atom is 0.104 e. The average Bonchev–Trinajstić information content (AvgIpc) is 3.67. The van der Waals surface area contributed by atoms with Crippen LogP contribution in [-0.4, -0.2) is 77.8 Å². The smallest absolute Gasteiger partial charge is 0.104 e. The van der Waals surface area contributed by atoms with Crippen LogP contribution in [0.1, 0.15) is 55.2 Å². The van der Waals surface area contributed by atoms with E-state index in [9.17, 15) is 0 Å². The normalized spacial score (nSPS) is 23.1. The second kappa shape index (κ2) is 14.4. The van der Waals surface area contributed by atoms with E-state index in [2.05, 4.69) is 18.2 Å². The maximum absolute atomic E-state index is 5.69. The van der Waals surface area contributed by atoms with Gasteiger partial charge in [0.15, 0.2) is 0 Å². The molecule has 0 N–H and O–H groups in total. The fourth-order valence-corrected chi connectivity index (χ4v) is 4.01. The first-order chi connectivity index (χ1) is 16.3. The van der Waals surface area contributed by atoms with Crippen molar-refractivity contribution in [2.75, 3.05) is 59.5 Å². The van der Waals surface area contributed by atoms with Crippen LogP contribution in [0.15, 0.2) is 18.2 Å². The molecule has 3 atom stereocenters. The van der Waals surface area contributed by atoms with E-state index in [4.69, 9.17) is 28.4 Å². The second-order valence-electron chi connectivity index (χ2n) is 9.62. The Morgan fingerprint density at radius 2 is 0.818 bits per heavy atom. The average molecular weight is 463 g/mol. The highest BCUT2D eigenvalue weighted by Crippen LogP contribution is 2.18. The van der Waals surface area contributed by atoms with E-state index in [0.29, 0.717) is 18.3 Å². The van der Waals surface area contributed by atoms with Crippen LogP contribution in [0.4, 0.5) is 0 Å². The summed E-state index contributed by atoms with van der Waals surface area (Å²) in [6, 6.07) is 7.25. The molecule has 0 amide bonds. The Balaban J connectivity index is 1.15. The monoisotopic (exact) mass is 462 g/mol. The molecule has 1 aromatic carbocycles. The summed E-state index contributed by atoms with van der Waals surface area (Å²) in [5.74, 6) is 0. The molecule has 0 saturated carbocycles. The summed E-state index contributed by atoms with van der Waals surface area (Å²) in [6.07, 6.45) is 11.3. The van der Waals surface area contributed by atoms with Crippen LogP contribution < -0.4 is 0 Å². The number of epoxide rings is 3. The molecule has 3 unspecified atom stereocenters. The highest BCUT2D eigenvalue weighted by atomic mass is 16.6. The van der Waals surface area contributed by atoms with E-state index in [1.165, 1.54) is 36.0 Å². The second-order valence-corrected chi connectivity index (χ2v) is 9.62. The fraction of sp³-hybridized carbons (Fsp3) is 0.778. The van der Waals surface area contributed by atoms with Gasteiger partial charge < -0.3 is 28.4 Å². The SMILES string of the molecule is c1c(CCCCOCC2CO2)cc(CCCCOCC2CO2)cc1CCCCOCC1CO1. The molecule has 0 spiro atoms. The molecule has 3 aliphatic heterocycles. The first-order valence-corrected chi connectivity index (χ1v) is 13.0. The standard InChI is InChI=1S/C27H42O6/c1(4-10-28-16-25-19-31-25)7-22-13-23(8-2-5-11-29-17-26-20-32-26)15-24(14-22)9-3-6-12-30-18-27-21-33-27/h13-15,25-27H,1-12,16-21H2. The van der Waals surface area contributed by atoms with E-state index >= 15 is 0 Å². The molecule has 0 radical (unpaired) electrons. The van der Waals surface area contributed by atoms with Gasteiger partial charge in [0.05, 0.1) is 39.6 Å². The van der Waals surface area contributed by atoms with Crippen molar-refractivity contribution < 1.29 is 28.4 Å². The van der Waals surface area contributed by atoms with Crippen molar-refractivity contribution >= 4 is 0 Å². The first-order valence-electron chi connectivity index (χ1n) is 13.0. The highest BCUT2D eigenvalue weighted by Gasteiger charge is 2.23. The molecule has 3 fully saturated rings. The summed E-state index contributed by atoms with van der Waals surface area (Å²) >= 11 is 0. The van der Waals surface area contributed by atoms with Crippen molar-refractivity contribution in [3.8, 4) is 0 Å². The molecule has 3 saturated heterocycles. The quantitative estimate of drug-likeness (QED) is 0.204. The van der Waals surface area contributed by atoms with Gasteiger partial charge in [-0.2, -0.15) is 0 Å². The van der Waals surface area contributed by atoms with Crippen LogP contribution >= 0.6 is 0 Å². The van der Waals surface area contributed by atoms with Gasteiger partial charge >= 0.3 is 0 Å². The Morgan fingerprint density at radius 3 is 1.09 bits per heavy atom. The summed E-state index contributed by atoms with van der Waals surface area (Å²) < 4.78 is 32.6. The van der Waals surface area contributed by atoms with E-state index in [1.807, 2.05) is 0 Å². The van der Waals surface area contributed by atoms with Crippen LogP contribution in [0.25, 0.3) is 0 Å². The topological polar surface area (TPSA) is 65.3 Å². The summed E-state index contributed by atoms with van der Waals surface area (Å²) in [5.41, 5.74) is 4.41. The largest absolute Gasteiger partial charge is 0.379 e. The summed E-state index contributed by atoms with van der Waals surface area (Å²) in [4.78, 5) is 0. The van der Waals surface area contributed by atoms with Gasteiger partial charge in [-0.25, -0.2) is 0 Å². The van der Waals surface area contributed by atoms with E-state index in [1.54, 1.807) is 0 Å². The van der Waals surface area contributed by atoms with E-state index < -0.39 is 0 Å². The molecule has 3 aliphatic rings. The number of unbranched alkanes of at least 4 members (excludes halogenated alkanes) is 3. The summed E-state index contributed by atoms with van der Waals surface area (Å²) in [6.45, 7) is 7.41. The molecule has 6 heteroatoms.